The molecule has 224 valence electrons. The Labute approximate surface area is 256 Å². The quantitative estimate of drug-likeness (QED) is 0.185. The topological polar surface area (TPSA) is 59.0 Å². The molecule has 0 amide bonds. The van der Waals surface area contributed by atoms with Crippen molar-refractivity contribution in [2.45, 2.75) is 58.1 Å². The molecule has 0 fully saturated rings. The fourth-order valence-electron chi connectivity index (χ4n) is 6.14. The van der Waals surface area contributed by atoms with Crippen molar-refractivity contribution in [1.29, 1.82) is 0 Å². The SMILES string of the molecule is CCOC(Cc1ccc(OCCN(C)C2c3ccc(C)cc3CCc3ccc(CCc4ccccc4)cc32)cc1)C(=O)O. The number of fused-ring (bicyclic) bond motifs is 2. The molecule has 1 aliphatic carbocycles. The summed E-state index contributed by atoms with van der Waals surface area (Å²) in [5.41, 5.74) is 10.6. The van der Waals surface area contributed by atoms with Gasteiger partial charge in [0, 0.05) is 19.6 Å². The van der Waals surface area contributed by atoms with Gasteiger partial charge < -0.3 is 14.6 Å². The van der Waals surface area contributed by atoms with Gasteiger partial charge in [-0.25, -0.2) is 4.79 Å². The number of carboxylic acids is 1. The summed E-state index contributed by atoms with van der Waals surface area (Å²) >= 11 is 0. The molecule has 0 aromatic heterocycles. The third kappa shape index (κ3) is 7.92. The Balaban J connectivity index is 1.30. The first-order valence-corrected chi connectivity index (χ1v) is 15.4. The van der Waals surface area contributed by atoms with Crippen LogP contribution in [-0.2, 0) is 41.6 Å². The summed E-state index contributed by atoms with van der Waals surface area (Å²) in [4.78, 5) is 13.9. The number of carboxylic acid groups (broad SMARTS) is 1. The number of carbonyl (C=O) groups is 1. The van der Waals surface area contributed by atoms with Crippen molar-refractivity contribution in [2.24, 2.45) is 0 Å². The van der Waals surface area contributed by atoms with Crippen LogP contribution >= 0.6 is 0 Å². The molecule has 5 nitrogen and oxygen atoms in total. The standard InChI is InChI=1S/C38H43NO4/c1-4-42-36(38(40)41)26-30-14-19-33(20-15-30)43-23-22-39(3)37-34-21-10-27(2)24-32(34)18-17-31-16-13-29(25-35(31)37)12-11-28-8-6-5-7-9-28/h5-10,13-16,19-21,24-25,36-37H,4,11-12,17-18,22-23,26H2,1-3H3,(H,40,41). The highest BCUT2D eigenvalue weighted by Gasteiger charge is 2.27. The van der Waals surface area contributed by atoms with Crippen molar-refractivity contribution >= 4 is 5.97 Å². The van der Waals surface area contributed by atoms with Crippen LogP contribution < -0.4 is 4.74 Å². The van der Waals surface area contributed by atoms with Crippen molar-refractivity contribution in [1.82, 2.24) is 4.90 Å². The van der Waals surface area contributed by atoms with E-state index in [1.807, 2.05) is 31.2 Å². The van der Waals surface area contributed by atoms with E-state index in [-0.39, 0.29) is 6.04 Å². The Morgan fingerprint density at radius 3 is 2.33 bits per heavy atom. The smallest absolute Gasteiger partial charge is 0.333 e. The second-order valence-corrected chi connectivity index (χ2v) is 11.6. The number of likely N-dealkylation sites (N-methyl/N-ethyl adjacent to an activating group) is 1. The minimum Gasteiger partial charge on any atom is -0.492 e. The lowest BCUT2D eigenvalue weighted by Crippen LogP contribution is -2.30. The molecular formula is C38H43NO4. The maximum absolute atomic E-state index is 11.4. The van der Waals surface area contributed by atoms with Gasteiger partial charge in [0.25, 0.3) is 0 Å². The molecule has 0 spiro atoms. The summed E-state index contributed by atoms with van der Waals surface area (Å²) in [6.45, 7) is 5.67. The molecular weight excluding hydrogens is 534 g/mol. The molecule has 4 aromatic carbocycles. The summed E-state index contributed by atoms with van der Waals surface area (Å²) in [6, 6.07) is 32.6. The molecule has 0 heterocycles. The first-order chi connectivity index (χ1) is 20.9. The third-order valence-corrected chi connectivity index (χ3v) is 8.45. The molecule has 2 unspecified atom stereocenters. The van der Waals surface area contributed by atoms with E-state index >= 15 is 0 Å². The first-order valence-electron chi connectivity index (χ1n) is 15.4. The summed E-state index contributed by atoms with van der Waals surface area (Å²) in [5, 5.41) is 9.38. The lowest BCUT2D eigenvalue weighted by molar-refractivity contribution is -0.149. The van der Waals surface area contributed by atoms with Crippen LogP contribution in [0.15, 0.2) is 91.0 Å². The number of rotatable bonds is 13. The second kappa shape index (κ2) is 14.5. The first kappa shape index (κ1) is 30.5. The highest BCUT2D eigenvalue weighted by atomic mass is 16.5. The largest absolute Gasteiger partial charge is 0.492 e. The number of aryl methyl sites for hydroxylation is 5. The predicted molar refractivity (Wildman–Crippen MR) is 172 cm³/mol. The van der Waals surface area contributed by atoms with Crippen molar-refractivity contribution in [3.05, 3.63) is 136 Å². The number of aliphatic carboxylic acids is 1. The number of nitrogens with zero attached hydrogens (tertiary/aromatic N) is 1. The van der Waals surface area contributed by atoms with E-state index in [1.54, 1.807) is 0 Å². The maximum Gasteiger partial charge on any atom is 0.333 e. The van der Waals surface area contributed by atoms with Gasteiger partial charge >= 0.3 is 5.97 Å². The molecule has 2 atom stereocenters. The molecule has 5 heteroatoms. The lowest BCUT2D eigenvalue weighted by atomic mass is 9.90. The van der Waals surface area contributed by atoms with Crippen molar-refractivity contribution in [3.63, 3.8) is 0 Å². The predicted octanol–water partition coefficient (Wildman–Crippen LogP) is 7.01. The van der Waals surface area contributed by atoms with Crippen molar-refractivity contribution < 1.29 is 19.4 Å². The minimum atomic E-state index is -0.939. The number of hydrogen-bond donors (Lipinski definition) is 1. The van der Waals surface area contributed by atoms with E-state index in [0.717, 1.165) is 43.5 Å². The summed E-state index contributed by atoms with van der Waals surface area (Å²) in [7, 11) is 2.20. The summed E-state index contributed by atoms with van der Waals surface area (Å²) in [6.07, 6.45) is 3.64. The van der Waals surface area contributed by atoms with Crippen LogP contribution in [0, 0.1) is 6.92 Å². The van der Waals surface area contributed by atoms with Gasteiger partial charge in [0.05, 0.1) is 6.04 Å². The summed E-state index contributed by atoms with van der Waals surface area (Å²) in [5.74, 6) is -0.161. The lowest BCUT2D eigenvalue weighted by Gasteiger charge is -2.31. The zero-order valence-corrected chi connectivity index (χ0v) is 25.6. The van der Waals surface area contributed by atoms with E-state index in [2.05, 4.69) is 85.6 Å². The Morgan fingerprint density at radius 1 is 0.860 bits per heavy atom. The average molecular weight is 578 g/mol. The van der Waals surface area contributed by atoms with E-state index in [1.165, 1.54) is 38.9 Å². The van der Waals surface area contributed by atoms with Gasteiger partial charge in [0.15, 0.2) is 6.10 Å². The van der Waals surface area contributed by atoms with Crippen LogP contribution in [0.1, 0.15) is 57.5 Å². The van der Waals surface area contributed by atoms with Gasteiger partial charge in [-0.1, -0.05) is 84.4 Å². The zero-order chi connectivity index (χ0) is 30.2. The maximum atomic E-state index is 11.4. The van der Waals surface area contributed by atoms with Crippen LogP contribution in [0.25, 0.3) is 0 Å². The van der Waals surface area contributed by atoms with E-state index in [0.29, 0.717) is 19.6 Å². The van der Waals surface area contributed by atoms with Gasteiger partial charge in [-0.2, -0.15) is 0 Å². The molecule has 5 rings (SSSR count). The van der Waals surface area contributed by atoms with Gasteiger partial charge in [0.1, 0.15) is 12.4 Å². The number of benzene rings is 4. The highest BCUT2D eigenvalue weighted by molar-refractivity contribution is 5.72. The van der Waals surface area contributed by atoms with Crippen LogP contribution in [-0.4, -0.2) is 48.9 Å². The van der Waals surface area contributed by atoms with Gasteiger partial charge in [-0.05, 0) is 97.7 Å². The monoisotopic (exact) mass is 577 g/mol. The molecule has 0 radical (unpaired) electrons. The Bertz CT molecular complexity index is 1500. The molecule has 43 heavy (non-hydrogen) atoms. The normalized spacial score (nSPS) is 14.9. The second-order valence-electron chi connectivity index (χ2n) is 11.6. The van der Waals surface area contributed by atoms with Crippen molar-refractivity contribution in [2.75, 3.05) is 26.8 Å². The minimum absolute atomic E-state index is 0.155. The van der Waals surface area contributed by atoms with Gasteiger partial charge in [-0.3, -0.25) is 4.90 Å². The fraction of sp³-hybridized carbons (Fsp3) is 0.342. The Hall–Kier alpha value is -3.93. The van der Waals surface area contributed by atoms with Crippen LogP contribution in [0.3, 0.4) is 0 Å². The highest BCUT2D eigenvalue weighted by Crippen LogP contribution is 2.37. The fourth-order valence-corrected chi connectivity index (χ4v) is 6.14. The molecule has 0 bridgehead atoms. The van der Waals surface area contributed by atoms with Gasteiger partial charge in [0.2, 0.25) is 0 Å². The molecule has 0 saturated carbocycles. The van der Waals surface area contributed by atoms with Crippen molar-refractivity contribution in [3.8, 4) is 5.75 Å². The molecule has 0 aliphatic heterocycles. The zero-order valence-electron chi connectivity index (χ0n) is 25.6. The van der Waals surface area contributed by atoms with Gasteiger partial charge in [-0.15, -0.1) is 0 Å². The van der Waals surface area contributed by atoms with E-state index < -0.39 is 12.1 Å². The van der Waals surface area contributed by atoms with E-state index in [9.17, 15) is 9.90 Å². The Kier molecular flexibility index (Phi) is 10.3. The third-order valence-electron chi connectivity index (χ3n) is 8.45. The average Bonchev–Trinajstić information content (AvgIpc) is 3.17. The molecule has 1 N–H and O–H groups in total. The van der Waals surface area contributed by atoms with Crippen LogP contribution in [0.5, 0.6) is 5.75 Å². The van der Waals surface area contributed by atoms with E-state index in [4.69, 9.17) is 9.47 Å². The molecule has 1 aliphatic rings. The summed E-state index contributed by atoms with van der Waals surface area (Å²) < 4.78 is 11.5. The molecule has 4 aromatic rings. The molecule has 0 saturated heterocycles. The number of ether oxygens (including phenoxy) is 2. The van der Waals surface area contributed by atoms with Crippen LogP contribution in [0.4, 0.5) is 0 Å². The number of hydrogen-bond acceptors (Lipinski definition) is 4. The Morgan fingerprint density at radius 2 is 1.58 bits per heavy atom. The van der Waals surface area contributed by atoms with Crippen LogP contribution in [0.2, 0.25) is 0 Å².